The second-order valence-corrected chi connectivity index (χ2v) is 11.7. The molecule has 1 aromatic carbocycles. The fourth-order valence-electron chi connectivity index (χ4n) is 4.28. The van der Waals surface area contributed by atoms with Gasteiger partial charge in [-0.2, -0.15) is 0 Å². The summed E-state index contributed by atoms with van der Waals surface area (Å²) in [5, 5.41) is 0.499. The molecule has 2 N–H and O–H groups in total. The first-order valence-corrected chi connectivity index (χ1v) is 13.4. The fraction of sp³-hybridized carbons (Fsp3) is 0.536. The lowest BCUT2D eigenvalue weighted by molar-refractivity contribution is 0.00693. The SMILES string of the molecule is CCOC(=O)c1c(N)c(C(=O)OC(C)(C)C)c(N2CCN(C(=O)OC(C)(C)C)CC2)n1Cc1ccccc1Cl. The minimum Gasteiger partial charge on any atom is -0.461 e. The van der Waals surface area contributed by atoms with Crippen LogP contribution < -0.4 is 10.6 Å². The van der Waals surface area contributed by atoms with Gasteiger partial charge in [-0.3, -0.25) is 0 Å². The molecule has 0 saturated carbocycles. The lowest BCUT2D eigenvalue weighted by Gasteiger charge is -2.37. The van der Waals surface area contributed by atoms with Gasteiger partial charge in [-0.25, -0.2) is 14.4 Å². The molecule has 0 atom stereocenters. The number of aromatic nitrogens is 1. The first kappa shape index (κ1) is 30.1. The van der Waals surface area contributed by atoms with E-state index in [9.17, 15) is 14.4 Å². The number of nitrogens with two attached hydrogens (primary N) is 1. The summed E-state index contributed by atoms with van der Waals surface area (Å²) < 4.78 is 18.2. The van der Waals surface area contributed by atoms with Crippen molar-refractivity contribution in [3.8, 4) is 0 Å². The van der Waals surface area contributed by atoms with E-state index in [1.807, 2.05) is 43.9 Å². The third kappa shape index (κ3) is 7.38. The van der Waals surface area contributed by atoms with E-state index in [1.165, 1.54) is 0 Å². The van der Waals surface area contributed by atoms with Gasteiger partial charge in [0, 0.05) is 31.2 Å². The third-order valence-corrected chi connectivity index (χ3v) is 6.23. The quantitative estimate of drug-likeness (QED) is 0.388. The number of amides is 1. The smallest absolute Gasteiger partial charge is 0.410 e. The van der Waals surface area contributed by atoms with Crippen molar-refractivity contribution >= 4 is 41.1 Å². The van der Waals surface area contributed by atoms with E-state index >= 15 is 0 Å². The van der Waals surface area contributed by atoms with Crippen molar-refractivity contribution in [3.63, 3.8) is 0 Å². The van der Waals surface area contributed by atoms with Crippen LogP contribution in [0, 0.1) is 0 Å². The normalized spacial score (nSPS) is 14.3. The molecule has 0 spiro atoms. The molecule has 1 aromatic heterocycles. The van der Waals surface area contributed by atoms with Crippen LogP contribution in [-0.2, 0) is 20.8 Å². The van der Waals surface area contributed by atoms with E-state index in [4.69, 9.17) is 31.5 Å². The molecule has 11 heteroatoms. The Morgan fingerprint density at radius 2 is 1.51 bits per heavy atom. The molecule has 0 unspecified atom stereocenters. The molecule has 1 aliphatic heterocycles. The van der Waals surface area contributed by atoms with Gasteiger partial charge >= 0.3 is 18.0 Å². The number of hydrogen-bond donors (Lipinski definition) is 1. The van der Waals surface area contributed by atoms with Gasteiger partial charge in [0.25, 0.3) is 0 Å². The average Bonchev–Trinajstić information content (AvgIpc) is 3.10. The summed E-state index contributed by atoms with van der Waals surface area (Å²) in [5.74, 6) is -0.910. The van der Waals surface area contributed by atoms with Gasteiger partial charge in [0.15, 0.2) is 5.69 Å². The van der Waals surface area contributed by atoms with E-state index in [-0.39, 0.29) is 30.1 Å². The van der Waals surface area contributed by atoms with Gasteiger partial charge in [-0.15, -0.1) is 0 Å². The Bertz CT molecular complexity index is 1220. The maximum absolute atomic E-state index is 13.5. The summed E-state index contributed by atoms with van der Waals surface area (Å²) in [6.07, 6.45) is -0.410. The molecule has 1 amide bonds. The zero-order valence-electron chi connectivity index (χ0n) is 23.8. The maximum Gasteiger partial charge on any atom is 0.410 e. The molecule has 214 valence electrons. The largest absolute Gasteiger partial charge is 0.461 e. The molecule has 1 fully saturated rings. The minimum atomic E-state index is -0.800. The van der Waals surface area contributed by atoms with Gasteiger partial charge in [-0.1, -0.05) is 29.8 Å². The predicted octanol–water partition coefficient (Wildman–Crippen LogP) is 4.96. The molecule has 0 bridgehead atoms. The first-order valence-electron chi connectivity index (χ1n) is 13.0. The van der Waals surface area contributed by atoms with Crippen LogP contribution >= 0.6 is 11.6 Å². The van der Waals surface area contributed by atoms with Crippen molar-refractivity contribution in [1.29, 1.82) is 0 Å². The number of benzene rings is 1. The standard InChI is InChI=1S/C28H39ClN4O6/c1-8-37-25(35)22-21(30)20(24(34)38-27(2,3)4)23(33(22)17-18-11-9-10-12-19(18)29)31-13-15-32(16-14-31)26(36)39-28(5,6)7/h9-12H,8,13-17,30H2,1-7H3. The highest BCUT2D eigenvalue weighted by Gasteiger charge is 2.37. The number of halogens is 1. The number of hydrogen-bond acceptors (Lipinski definition) is 8. The summed E-state index contributed by atoms with van der Waals surface area (Å²) in [7, 11) is 0. The van der Waals surface area contributed by atoms with Crippen LogP contribution in [0.2, 0.25) is 5.02 Å². The topological polar surface area (TPSA) is 116 Å². The van der Waals surface area contributed by atoms with Crippen LogP contribution in [0.15, 0.2) is 24.3 Å². The molecule has 2 heterocycles. The highest BCUT2D eigenvalue weighted by Crippen LogP contribution is 2.37. The van der Waals surface area contributed by atoms with Crippen molar-refractivity contribution in [2.75, 3.05) is 43.4 Å². The molecular formula is C28H39ClN4O6. The molecule has 10 nitrogen and oxygen atoms in total. The summed E-state index contributed by atoms with van der Waals surface area (Å²) in [6, 6.07) is 7.24. The van der Waals surface area contributed by atoms with Crippen molar-refractivity contribution in [2.45, 2.75) is 66.2 Å². The lowest BCUT2D eigenvalue weighted by atomic mass is 10.1. The van der Waals surface area contributed by atoms with Crippen molar-refractivity contribution < 1.29 is 28.6 Å². The van der Waals surface area contributed by atoms with Crippen LogP contribution in [-0.4, -0.2) is 71.5 Å². The minimum absolute atomic E-state index is 0.0284. The zero-order valence-corrected chi connectivity index (χ0v) is 24.6. The highest BCUT2D eigenvalue weighted by atomic mass is 35.5. The zero-order chi connectivity index (χ0) is 29.1. The van der Waals surface area contributed by atoms with Crippen LogP contribution in [0.1, 0.15) is 74.9 Å². The van der Waals surface area contributed by atoms with Crippen molar-refractivity contribution in [2.24, 2.45) is 0 Å². The maximum atomic E-state index is 13.5. The lowest BCUT2D eigenvalue weighted by Crippen LogP contribution is -2.51. The summed E-state index contributed by atoms with van der Waals surface area (Å²) in [6.45, 7) is 14.1. The highest BCUT2D eigenvalue weighted by molar-refractivity contribution is 6.31. The predicted molar refractivity (Wildman–Crippen MR) is 151 cm³/mol. The van der Waals surface area contributed by atoms with Gasteiger partial charge in [0.05, 0.1) is 18.8 Å². The summed E-state index contributed by atoms with van der Waals surface area (Å²) in [4.78, 5) is 42.9. The van der Waals surface area contributed by atoms with Gasteiger partial charge in [-0.05, 0) is 60.1 Å². The number of esters is 2. The summed E-state index contributed by atoms with van der Waals surface area (Å²) >= 11 is 6.48. The van der Waals surface area contributed by atoms with Gasteiger partial charge in [0.1, 0.15) is 22.6 Å². The van der Waals surface area contributed by atoms with E-state index in [0.717, 1.165) is 5.56 Å². The molecule has 1 aliphatic rings. The van der Waals surface area contributed by atoms with Crippen LogP contribution in [0.5, 0.6) is 0 Å². The Morgan fingerprint density at radius 1 is 0.923 bits per heavy atom. The molecule has 1 saturated heterocycles. The Kier molecular flexibility index (Phi) is 9.10. The fourth-order valence-corrected chi connectivity index (χ4v) is 4.48. The van der Waals surface area contributed by atoms with Crippen LogP contribution in [0.25, 0.3) is 0 Å². The average molecular weight is 563 g/mol. The second-order valence-electron chi connectivity index (χ2n) is 11.3. The number of nitrogens with zero attached hydrogens (tertiary/aromatic N) is 3. The number of rotatable bonds is 6. The first-order chi connectivity index (χ1) is 18.1. The van der Waals surface area contributed by atoms with Crippen LogP contribution in [0.4, 0.5) is 16.3 Å². The number of piperazine rings is 1. The van der Waals surface area contributed by atoms with Gasteiger partial charge in [0.2, 0.25) is 0 Å². The van der Waals surface area contributed by atoms with Crippen molar-refractivity contribution in [1.82, 2.24) is 9.47 Å². The molecule has 0 aliphatic carbocycles. The van der Waals surface area contributed by atoms with Crippen molar-refractivity contribution in [3.05, 3.63) is 46.1 Å². The number of carbonyl (C=O) groups excluding carboxylic acids is 3. The molecular weight excluding hydrogens is 524 g/mol. The third-order valence-electron chi connectivity index (χ3n) is 5.86. The number of carbonyl (C=O) groups is 3. The van der Waals surface area contributed by atoms with E-state index in [1.54, 1.807) is 43.2 Å². The molecule has 39 heavy (non-hydrogen) atoms. The number of ether oxygens (including phenoxy) is 3. The number of nitrogen functional groups attached to an aromatic ring is 1. The van der Waals surface area contributed by atoms with E-state index < -0.39 is 29.2 Å². The Morgan fingerprint density at radius 3 is 2.05 bits per heavy atom. The molecule has 3 rings (SSSR count). The molecule has 0 radical (unpaired) electrons. The van der Waals surface area contributed by atoms with Crippen LogP contribution in [0.3, 0.4) is 0 Å². The van der Waals surface area contributed by atoms with E-state index in [0.29, 0.717) is 37.0 Å². The Hall–Kier alpha value is -3.40. The Labute approximate surface area is 234 Å². The summed E-state index contributed by atoms with van der Waals surface area (Å²) in [5.41, 5.74) is 5.93. The Balaban J connectivity index is 2.12. The second kappa shape index (κ2) is 11.8. The van der Waals surface area contributed by atoms with E-state index in [2.05, 4.69) is 0 Å². The van der Waals surface area contributed by atoms with Gasteiger partial charge < -0.3 is 34.3 Å². The molecule has 2 aromatic rings. The number of anilines is 2. The monoisotopic (exact) mass is 562 g/mol.